The fraction of sp³-hybridized carbons (Fsp3) is 0.214. The molecule has 3 heteroatoms. The molecule has 86 valence electrons. The predicted molar refractivity (Wildman–Crippen MR) is 64.8 cm³/mol. The lowest BCUT2D eigenvalue weighted by molar-refractivity contribution is 0.291. The molecular weight excluding hydrogens is 214 g/mol. The third-order valence-corrected chi connectivity index (χ3v) is 2.22. The molecule has 1 aromatic heterocycles. The minimum atomic E-state index is 0.466. The van der Waals surface area contributed by atoms with Crippen LogP contribution in [-0.2, 0) is 0 Å². The second kappa shape index (κ2) is 5.22. The van der Waals surface area contributed by atoms with Crippen molar-refractivity contribution in [2.75, 3.05) is 6.61 Å². The van der Waals surface area contributed by atoms with Crippen LogP contribution in [0.15, 0.2) is 34.9 Å². The molecule has 0 saturated carbocycles. The van der Waals surface area contributed by atoms with Gasteiger partial charge in [-0.05, 0) is 31.1 Å². The Morgan fingerprint density at radius 2 is 2.00 bits per heavy atom. The molecule has 0 aliphatic rings. The maximum atomic E-state index is 5.34. The van der Waals surface area contributed by atoms with E-state index >= 15 is 0 Å². The Kier molecular flexibility index (Phi) is 3.46. The first-order valence-corrected chi connectivity index (χ1v) is 5.47. The van der Waals surface area contributed by atoms with Gasteiger partial charge in [0, 0.05) is 5.56 Å². The molecule has 0 atom stereocenters. The van der Waals surface area contributed by atoms with Crippen molar-refractivity contribution < 1.29 is 9.26 Å². The molecule has 0 fully saturated rings. The van der Waals surface area contributed by atoms with E-state index in [0.29, 0.717) is 18.2 Å². The second-order valence-corrected chi connectivity index (χ2v) is 3.47. The zero-order chi connectivity index (χ0) is 12.1. The molecule has 1 aromatic carbocycles. The van der Waals surface area contributed by atoms with Crippen LogP contribution in [0.25, 0.3) is 0 Å². The average molecular weight is 227 g/mol. The van der Waals surface area contributed by atoms with Crippen LogP contribution in [-0.4, -0.2) is 11.8 Å². The molecule has 0 aliphatic heterocycles. The molecule has 2 aromatic rings. The molecule has 17 heavy (non-hydrogen) atoms. The van der Waals surface area contributed by atoms with Gasteiger partial charge >= 0.3 is 0 Å². The third kappa shape index (κ3) is 2.67. The van der Waals surface area contributed by atoms with Crippen molar-refractivity contribution in [3.63, 3.8) is 0 Å². The second-order valence-electron chi connectivity index (χ2n) is 3.47. The molecule has 0 radical (unpaired) electrons. The quantitative estimate of drug-likeness (QED) is 0.740. The van der Waals surface area contributed by atoms with Crippen LogP contribution in [0.2, 0.25) is 0 Å². The van der Waals surface area contributed by atoms with E-state index in [1.165, 1.54) is 0 Å². The van der Waals surface area contributed by atoms with Gasteiger partial charge in [0.15, 0.2) is 5.76 Å². The molecule has 0 saturated heterocycles. The minimum absolute atomic E-state index is 0.466. The van der Waals surface area contributed by atoms with Crippen LogP contribution in [0.1, 0.15) is 23.8 Å². The van der Waals surface area contributed by atoms with Gasteiger partial charge in [-0.3, -0.25) is 0 Å². The lowest BCUT2D eigenvalue weighted by Gasteiger charge is -1.95. The number of hydrogen-bond donors (Lipinski definition) is 0. The number of hydrogen-bond acceptors (Lipinski definition) is 3. The van der Waals surface area contributed by atoms with Crippen molar-refractivity contribution >= 4 is 0 Å². The fourth-order valence-corrected chi connectivity index (χ4v) is 1.38. The lowest BCUT2D eigenvalue weighted by Crippen LogP contribution is -1.93. The number of rotatable bonds is 2. The Balaban J connectivity index is 2.30. The molecule has 0 N–H and O–H groups in total. The van der Waals surface area contributed by atoms with Crippen molar-refractivity contribution in [3.8, 4) is 17.7 Å². The van der Waals surface area contributed by atoms with Gasteiger partial charge in [-0.2, -0.15) is 0 Å². The van der Waals surface area contributed by atoms with E-state index in [-0.39, 0.29) is 0 Å². The van der Waals surface area contributed by atoms with E-state index in [0.717, 1.165) is 11.1 Å². The molecule has 0 aliphatic carbocycles. The molecule has 0 bridgehead atoms. The van der Waals surface area contributed by atoms with Gasteiger partial charge < -0.3 is 9.26 Å². The number of ether oxygens (including phenoxy) is 1. The van der Waals surface area contributed by atoms with Gasteiger partial charge in [0.25, 0.3) is 5.88 Å². The Bertz CT molecular complexity index is 547. The van der Waals surface area contributed by atoms with Gasteiger partial charge in [0.05, 0.1) is 6.61 Å². The molecule has 2 rings (SSSR count). The summed E-state index contributed by atoms with van der Waals surface area (Å²) in [6.45, 7) is 4.27. The van der Waals surface area contributed by atoms with Crippen molar-refractivity contribution in [2.24, 2.45) is 0 Å². The molecule has 1 heterocycles. The standard InChI is InChI=1S/C14H13NO2/c1-3-16-14-13(11(2)17-15-14)10-9-12-7-5-4-6-8-12/h4-8H,3H2,1-2H3. The number of nitrogens with zero attached hydrogens (tertiary/aromatic N) is 1. The SMILES string of the molecule is CCOc1noc(C)c1C#Cc1ccccc1. The van der Waals surface area contributed by atoms with Crippen LogP contribution in [0.3, 0.4) is 0 Å². The zero-order valence-corrected chi connectivity index (χ0v) is 9.86. The van der Waals surface area contributed by atoms with E-state index in [2.05, 4.69) is 17.0 Å². The van der Waals surface area contributed by atoms with E-state index in [4.69, 9.17) is 9.26 Å². The van der Waals surface area contributed by atoms with Crippen LogP contribution < -0.4 is 4.74 Å². The molecule has 0 spiro atoms. The van der Waals surface area contributed by atoms with E-state index in [1.54, 1.807) is 0 Å². The fourth-order valence-electron chi connectivity index (χ4n) is 1.38. The van der Waals surface area contributed by atoms with Gasteiger partial charge in [-0.15, -0.1) is 0 Å². The van der Waals surface area contributed by atoms with Gasteiger partial charge in [0.2, 0.25) is 0 Å². The zero-order valence-electron chi connectivity index (χ0n) is 9.86. The summed E-state index contributed by atoms with van der Waals surface area (Å²) >= 11 is 0. The highest BCUT2D eigenvalue weighted by Crippen LogP contribution is 2.19. The summed E-state index contributed by atoms with van der Waals surface area (Å²) in [5.41, 5.74) is 1.67. The summed E-state index contributed by atoms with van der Waals surface area (Å²) in [6, 6.07) is 9.77. The molecule has 0 unspecified atom stereocenters. The largest absolute Gasteiger partial charge is 0.475 e. The predicted octanol–water partition coefficient (Wildman–Crippen LogP) is 2.78. The van der Waals surface area contributed by atoms with E-state index in [1.807, 2.05) is 44.2 Å². The highest BCUT2D eigenvalue weighted by atomic mass is 16.5. The average Bonchev–Trinajstić information content (AvgIpc) is 2.70. The first-order valence-electron chi connectivity index (χ1n) is 5.47. The van der Waals surface area contributed by atoms with Crippen molar-refractivity contribution in [1.29, 1.82) is 0 Å². The van der Waals surface area contributed by atoms with Crippen molar-refractivity contribution in [3.05, 3.63) is 47.2 Å². The van der Waals surface area contributed by atoms with Crippen LogP contribution in [0, 0.1) is 18.8 Å². The highest BCUT2D eigenvalue weighted by Gasteiger charge is 2.10. The Labute approximate surface area is 100 Å². The first-order chi connectivity index (χ1) is 8.31. The highest BCUT2D eigenvalue weighted by molar-refractivity contribution is 5.48. The third-order valence-electron chi connectivity index (χ3n) is 2.22. The smallest absolute Gasteiger partial charge is 0.270 e. The topological polar surface area (TPSA) is 35.3 Å². The Morgan fingerprint density at radius 1 is 1.24 bits per heavy atom. The number of aryl methyl sites for hydroxylation is 1. The maximum absolute atomic E-state index is 5.34. The molecular formula is C14H13NO2. The van der Waals surface area contributed by atoms with Crippen LogP contribution in [0.4, 0.5) is 0 Å². The summed E-state index contributed by atoms with van der Waals surface area (Å²) in [7, 11) is 0. The lowest BCUT2D eigenvalue weighted by atomic mass is 10.2. The summed E-state index contributed by atoms with van der Waals surface area (Å²) in [4.78, 5) is 0. The minimum Gasteiger partial charge on any atom is -0.475 e. The normalized spacial score (nSPS) is 9.53. The van der Waals surface area contributed by atoms with Gasteiger partial charge in [-0.25, -0.2) is 0 Å². The molecule has 0 amide bonds. The maximum Gasteiger partial charge on any atom is 0.270 e. The monoisotopic (exact) mass is 227 g/mol. The molecule has 3 nitrogen and oxygen atoms in total. The summed E-state index contributed by atoms with van der Waals surface area (Å²) in [6.07, 6.45) is 0. The number of benzene rings is 1. The van der Waals surface area contributed by atoms with E-state index < -0.39 is 0 Å². The Hall–Kier alpha value is -2.21. The Morgan fingerprint density at radius 3 is 2.71 bits per heavy atom. The van der Waals surface area contributed by atoms with Crippen LogP contribution >= 0.6 is 0 Å². The summed E-state index contributed by atoms with van der Waals surface area (Å²) in [5.74, 6) is 7.23. The van der Waals surface area contributed by atoms with Crippen molar-refractivity contribution in [1.82, 2.24) is 5.16 Å². The summed E-state index contributed by atoms with van der Waals surface area (Å²) < 4.78 is 10.4. The van der Waals surface area contributed by atoms with Gasteiger partial charge in [0.1, 0.15) is 5.56 Å². The summed E-state index contributed by atoms with van der Waals surface area (Å²) in [5, 5.41) is 3.82. The van der Waals surface area contributed by atoms with E-state index in [9.17, 15) is 0 Å². The van der Waals surface area contributed by atoms with Crippen molar-refractivity contribution in [2.45, 2.75) is 13.8 Å². The van der Waals surface area contributed by atoms with Crippen LogP contribution in [0.5, 0.6) is 5.88 Å². The first kappa shape index (κ1) is 11.3. The number of aromatic nitrogens is 1. The van der Waals surface area contributed by atoms with Gasteiger partial charge in [-0.1, -0.05) is 30.0 Å².